The molecule has 2 aromatic carbocycles. The Morgan fingerprint density at radius 3 is 2.58 bits per heavy atom. The van der Waals surface area contributed by atoms with E-state index in [1.54, 1.807) is 35.1 Å². The van der Waals surface area contributed by atoms with Crippen LogP contribution in [-0.2, 0) is 14.4 Å². The van der Waals surface area contributed by atoms with E-state index in [0.29, 0.717) is 36.6 Å². The van der Waals surface area contributed by atoms with Gasteiger partial charge in [0.1, 0.15) is 5.75 Å². The van der Waals surface area contributed by atoms with E-state index in [1.165, 1.54) is 0 Å². The molecule has 2 saturated heterocycles. The van der Waals surface area contributed by atoms with Crippen LogP contribution in [0.1, 0.15) is 30.4 Å². The molecular weight excluding hydrogens is 394 g/mol. The number of nitrogens with one attached hydrogen (secondary N) is 1. The lowest BCUT2D eigenvalue weighted by Gasteiger charge is -2.21. The van der Waals surface area contributed by atoms with Crippen LogP contribution in [0.3, 0.4) is 0 Å². The molecule has 31 heavy (non-hydrogen) atoms. The molecule has 2 aromatic rings. The summed E-state index contributed by atoms with van der Waals surface area (Å²) in [6.07, 6.45) is 1.54. The second-order valence-electron chi connectivity index (χ2n) is 8.15. The van der Waals surface area contributed by atoms with Crippen molar-refractivity contribution in [2.45, 2.75) is 33.1 Å². The third-order valence-corrected chi connectivity index (χ3v) is 6.17. The Morgan fingerprint density at radius 1 is 1.06 bits per heavy atom. The van der Waals surface area contributed by atoms with Crippen molar-refractivity contribution in [3.05, 3.63) is 47.5 Å². The highest BCUT2D eigenvalue weighted by molar-refractivity contribution is 6.04. The summed E-state index contributed by atoms with van der Waals surface area (Å²) in [6, 6.07) is 11.1. The SMILES string of the molecule is COc1cc(NC(=O)[C@H]2CC(=O)N(c3cccc(C)c3C)C2)ccc1N1CCCC1=O. The molecule has 162 valence electrons. The Hall–Kier alpha value is -3.35. The highest BCUT2D eigenvalue weighted by atomic mass is 16.5. The summed E-state index contributed by atoms with van der Waals surface area (Å²) in [5.74, 6) is -0.0700. The van der Waals surface area contributed by atoms with Gasteiger partial charge in [-0.1, -0.05) is 12.1 Å². The monoisotopic (exact) mass is 421 g/mol. The van der Waals surface area contributed by atoms with E-state index in [-0.39, 0.29) is 24.1 Å². The minimum absolute atomic E-state index is 0.0469. The number of anilines is 3. The summed E-state index contributed by atoms with van der Waals surface area (Å²) in [5, 5.41) is 2.90. The van der Waals surface area contributed by atoms with Gasteiger partial charge in [-0.15, -0.1) is 0 Å². The fourth-order valence-electron chi connectivity index (χ4n) is 4.27. The number of carbonyl (C=O) groups is 3. The predicted molar refractivity (Wildman–Crippen MR) is 120 cm³/mol. The highest BCUT2D eigenvalue weighted by Crippen LogP contribution is 2.35. The van der Waals surface area contributed by atoms with Crippen LogP contribution in [0.2, 0.25) is 0 Å². The van der Waals surface area contributed by atoms with Crippen molar-refractivity contribution < 1.29 is 19.1 Å². The van der Waals surface area contributed by atoms with Crippen LogP contribution in [0.25, 0.3) is 0 Å². The molecule has 2 aliphatic rings. The number of amides is 3. The van der Waals surface area contributed by atoms with Crippen LogP contribution < -0.4 is 19.9 Å². The molecular formula is C24H27N3O4. The maximum Gasteiger partial charge on any atom is 0.229 e. The van der Waals surface area contributed by atoms with E-state index in [4.69, 9.17) is 4.74 Å². The molecule has 0 saturated carbocycles. The molecule has 2 fully saturated rings. The maximum absolute atomic E-state index is 12.9. The van der Waals surface area contributed by atoms with Crippen molar-refractivity contribution in [3.8, 4) is 5.75 Å². The molecule has 2 aliphatic heterocycles. The normalized spacial score (nSPS) is 18.6. The molecule has 0 spiro atoms. The average molecular weight is 421 g/mol. The van der Waals surface area contributed by atoms with Crippen LogP contribution >= 0.6 is 0 Å². The van der Waals surface area contributed by atoms with Gasteiger partial charge in [0.15, 0.2) is 0 Å². The third-order valence-electron chi connectivity index (χ3n) is 6.17. The van der Waals surface area contributed by atoms with E-state index < -0.39 is 5.92 Å². The Bertz CT molecular complexity index is 1050. The quantitative estimate of drug-likeness (QED) is 0.802. The van der Waals surface area contributed by atoms with Crippen molar-refractivity contribution in [1.82, 2.24) is 0 Å². The zero-order valence-electron chi connectivity index (χ0n) is 18.1. The first-order valence-electron chi connectivity index (χ1n) is 10.5. The first kappa shape index (κ1) is 20.9. The average Bonchev–Trinajstić information content (AvgIpc) is 3.35. The summed E-state index contributed by atoms with van der Waals surface area (Å²) in [5.41, 5.74) is 4.31. The number of rotatable bonds is 5. The molecule has 2 heterocycles. The molecule has 0 aliphatic carbocycles. The largest absolute Gasteiger partial charge is 0.494 e. The lowest BCUT2D eigenvalue weighted by Crippen LogP contribution is -2.28. The molecule has 0 aromatic heterocycles. The van der Waals surface area contributed by atoms with Crippen LogP contribution in [0.4, 0.5) is 17.1 Å². The van der Waals surface area contributed by atoms with Crippen LogP contribution in [0, 0.1) is 19.8 Å². The van der Waals surface area contributed by atoms with Crippen molar-refractivity contribution in [1.29, 1.82) is 0 Å². The second kappa shape index (κ2) is 8.41. The molecule has 1 atom stereocenters. The molecule has 7 nitrogen and oxygen atoms in total. The van der Waals surface area contributed by atoms with Gasteiger partial charge in [-0.25, -0.2) is 0 Å². The summed E-state index contributed by atoms with van der Waals surface area (Å²) >= 11 is 0. The number of benzene rings is 2. The standard InChI is InChI=1S/C24H27N3O4/c1-15-6-4-7-19(16(15)2)27-14-17(12-23(27)29)24(30)25-18-9-10-20(21(13-18)31-3)26-11-5-8-22(26)28/h4,6-7,9-10,13,17H,5,8,11-12,14H2,1-3H3,(H,25,30)/t17-/m0/s1. The van der Waals surface area contributed by atoms with Crippen molar-refractivity contribution in [2.75, 3.05) is 35.3 Å². The smallest absolute Gasteiger partial charge is 0.229 e. The van der Waals surface area contributed by atoms with E-state index in [1.807, 2.05) is 32.0 Å². The number of methoxy groups -OCH3 is 1. The fourth-order valence-corrected chi connectivity index (χ4v) is 4.27. The number of nitrogens with zero attached hydrogens (tertiary/aromatic N) is 2. The first-order chi connectivity index (χ1) is 14.9. The molecule has 0 bridgehead atoms. The molecule has 0 unspecified atom stereocenters. The number of ether oxygens (including phenoxy) is 1. The highest BCUT2D eigenvalue weighted by Gasteiger charge is 2.36. The van der Waals surface area contributed by atoms with Gasteiger partial charge in [0.2, 0.25) is 17.7 Å². The third kappa shape index (κ3) is 4.00. The van der Waals surface area contributed by atoms with Gasteiger partial charge in [-0.05, 0) is 49.6 Å². The fraction of sp³-hybridized carbons (Fsp3) is 0.375. The lowest BCUT2D eigenvalue weighted by atomic mass is 10.1. The Morgan fingerprint density at radius 2 is 1.87 bits per heavy atom. The number of aryl methyl sites for hydroxylation is 1. The Kier molecular flexibility index (Phi) is 5.67. The zero-order valence-corrected chi connectivity index (χ0v) is 18.1. The van der Waals surface area contributed by atoms with E-state index >= 15 is 0 Å². The molecule has 3 amide bonds. The Labute approximate surface area is 182 Å². The lowest BCUT2D eigenvalue weighted by molar-refractivity contribution is -0.122. The van der Waals surface area contributed by atoms with Crippen molar-refractivity contribution in [3.63, 3.8) is 0 Å². The number of carbonyl (C=O) groups excluding carboxylic acids is 3. The summed E-state index contributed by atoms with van der Waals surface area (Å²) in [6.45, 7) is 5.02. The summed E-state index contributed by atoms with van der Waals surface area (Å²) in [7, 11) is 1.54. The molecule has 7 heteroatoms. The van der Waals surface area contributed by atoms with Gasteiger partial charge < -0.3 is 19.9 Å². The summed E-state index contributed by atoms with van der Waals surface area (Å²) < 4.78 is 5.46. The van der Waals surface area contributed by atoms with Gasteiger partial charge in [0.25, 0.3) is 0 Å². The van der Waals surface area contributed by atoms with Crippen LogP contribution in [0.5, 0.6) is 5.75 Å². The zero-order chi connectivity index (χ0) is 22.1. The predicted octanol–water partition coefficient (Wildman–Crippen LogP) is 3.43. The van der Waals surface area contributed by atoms with Gasteiger partial charge in [0.05, 0.1) is 18.7 Å². The van der Waals surface area contributed by atoms with E-state index in [2.05, 4.69) is 5.32 Å². The van der Waals surface area contributed by atoms with E-state index in [9.17, 15) is 14.4 Å². The van der Waals surface area contributed by atoms with Crippen LogP contribution in [-0.4, -0.2) is 37.9 Å². The van der Waals surface area contributed by atoms with Crippen molar-refractivity contribution >= 4 is 34.8 Å². The van der Waals surface area contributed by atoms with Gasteiger partial charge in [0, 0.05) is 43.4 Å². The topological polar surface area (TPSA) is 79.0 Å². The summed E-state index contributed by atoms with van der Waals surface area (Å²) in [4.78, 5) is 41.0. The van der Waals surface area contributed by atoms with Gasteiger partial charge in [-0.2, -0.15) is 0 Å². The molecule has 1 N–H and O–H groups in total. The molecule has 4 rings (SSSR count). The molecule has 0 radical (unpaired) electrons. The number of hydrogen-bond donors (Lipinski definition) is 1. The minimum atomic E-state index is -0.432. The Balaban J connectivity index is 1.48. The van der Waals surface area contributed by atoms with Gasteiger partial charge in [-0.3, -0.25) is 14.4 Å². The first-order valence-corrected chi connectivity index (χ1v) is 10.5. The van der Waals surface area contributed by atoms with Crippen LogP contribution in [0.15, 0.2) is 36.4 Å². The maximum atomic E-state index is 12.9. The van der Waals surface area contributed by atoms with Gasteiger partial charge >= 0.3 is 0 Å². The minimum Gasteiger partial charge on any atom is -0.494 e. The number of hydrogen-bond acceptors (Lipinski definition) is 4. The second-order valence-corrected chi connectivity index (χ2v) is 8.15. The van der Waals surface area contributed by atoms with E-state index in [0.717, 1.165) is 23.2 Å². The van der Waals surface area contributed by atoms with Crippen molar-refractivity contribution in [2.24, 2.45) is 5.92 Å².